The van der Waals surface area contributed by atoms with E-state index in [1.54, 1.807) is 0 Å². The maximum absolute atomic E-state index is 9.21. The zero-order valence-electron chi connectivity index (χ0n) is 9.42. The third-order valence-corrected chi connectivity index (χ3v) is 4.45. The summed E-state index contributed by atoms with van der Waals surface area (Å²) >= 11 is 1.85. The number of aliphatic hydroxyl groups excluding tert-OH is 1. The highest BCUT2D eigenvalue weighted by molar-refractivity contribution is 7.12. The van der Waals surface area contributed by atoms with Crippen LogP contribution in [0.25, 0.3) is 0 Å². The molecule has 2 rings (SSSR count). The summed E-state index contributed by atoms with van der Waals surface area (Å²) in [6.07, 6.45) is 2.35. The predicted octanol–water partition coefficient (Wildman–Crippen LogP) is 2.48. The molecule has 1 saturated carbocycles. The summed E-state index contributed by atoms with van der Waals surface area (Å²) in [5, 5.41) is 12.7. The third kappa shape index (κ3) is 2.60. The molecular formula is C12H19NOS. The Kier molecular flexibility index (Phi) is 3.14. The largest absolute Gasteiger partial charge is 0.396 e. The van der Waals surface area contributed by atoms with Gasteiger partial charge >= 0.3 is 0 Å². The Morgan fingerprint density at radius 1 is 1.53 bits per heavy atom. The molecule has 0 amide bonds. The van der Waals surface area contributed by atoms with Gasteiger partial charge in [0.2, 0.25) is 0 Å². The zero-order valence-corrected chi connectivity index (χ0v) is 10.2. The van der Waals surface area contributed by atoms with Crippen molar-refractivity contribution >= 4 is 11.3 Å². The lowest BCUT2D eigenvalue weighted by Gasteiger charge is -2.17. The third-order valence-electron chi connectivity index (χ3n) is 3.26. The SMILES string of the molecule is Cc1ccc(C(C)NCC2(CO)CC2)s1. The molecular weight excluding hydrogens is 206 g/mol. The average Bonchev–Trinajstić information content (AvgIpc) is 2.90. The van der Waals surface area contributed by atoms with Crippen LogP contribution in [0.4, 0.5) is 0 Å². The van der Waals surface area contributed by atoms with Crippen molar-refractivity contribution in [2.24, 2.45) is 5.41 Å². The molecule has 84 valence electrons. The maximum Gasteiger partial charge on any atom is 0.0499 e. The molecule has 2 nitrogen and oxygen atoms in total. The van der Waals surface area contributed by atoms with Crippen molar-refractivity contribution in [3.05, 3.63) is 21.9 Å². The molecule has 2 N–H and O–H groups in total. The summed E-state index contributed by atoms with van der Waals surface area (Å²) in [5.41, 5.74) is 0.209. The van der Waals surface area contributed by atoms with Crippen LogP contribution in [0.1, 0.15) is 35.6 Å². The number of aliphatic hydroxyl groups is 1. The first-order valence-electron chi connectivity index (χ1n) is 5.56. The van der Waals surface area contributed by atoms with Gasteiger partial charge in [-0.1, -0.05) is 0 Å². The van der Waals surface area contributed by atoms with Gasteiger partial charge in [0, 0.05) is 34.4 Å². The molecule has 1 heterocycles. The summed E-state index contributed by atoms with van der Waals surface area (Å²) in [7, 11) is 0. The molecule has 1 aromatic rings. The molecule has 3 heteroatoms. The molecule has 0 saturated heterocycles. The van der Waals surface area contributed by atoms with Crippen LogP contribution in [0.5, 0.6) is 0 Å². The standard InChI is InChI=1S/C12H19NOS/c1-9-3-4-11(15-9)10(2)13-7-12(8-14)5-6-12/h3-4,10,13-14H,5-8H2,1-2H3. The average molecular weight is 225 g/mol. The Hall–Kier alpha value is -0.380. The van der Waals surface area contributed by atoms with Crippen molar-refractivity contribution in [3.63, 3.8) is 0 Å². The van der Waals surface area contributed by atoms with Crippen LogP contribution in [-0.2, 0) is 0 Å². The normalized spacial score (nSPS) is 20.2. The molecule has 1 aliphatic carbocycles. The summed E-state index contributed by atoms with van der Waals surface area (Å²) in [6, 6.07) is 4.76. The van der Waals surface area contributed by atoms with Crippen LogP contribution in [0.3, 0.4) is 0 Å². The molecule has 1 aliphatic rings. The van der Waals surface area contributed by atoms with Crippen molar-refractivity contribution in [2.75, 3.05) is 13.2 Å². The molecule has 0 radical (unpaired) electrons. The van der Waals surface area contributed by atoms with Crippen molar-refractivity contribution < 1.29 is 5.11 Å². The molecule has 1 aromatic heterocycles. The lowest BCUT2D eigenvalue weighted by Crippen LogP contribution is -2.28. The molecule has 1 atom stereocenters. The van der Waals surface area contributed by atoms with Gasteiger partial charge in [-0.2, -0.15) is 0 Å². The van der Waals surface area contributed by atoms with Crippen molar-refractivity contribution in [1.29, 1.82) is 0 Å². The van der Waals surface area contributed by atoms with Gasteiger partial charge in [-0.15, -0.1) is 11.3 Å². The highest BCUT2D eigenvalue weighted by Crippen LogP contribution is 2.44. The minimum atomic E-state index is 0.209. The van der Waals surface area contributed by atoms with E-state index in [2.05, 4.69) is 31.3 Å². The van der Waals surface area contributed by atoms with Crippen LogP contribution in [0.2, 0.25) is 0 Å². The number of nitrogens with one attached hydrogen (secondary N) is 1. The first-order valence-corrected chi connectivity index (χ1v) is 6.37. The van der Waals surface area contributed by atoms with Crippen LogP contribution in [-0.4, -0.2) is 18.3 Å². The number of hydrogen-bond acceptors (Lipinski definition) is 3. The summed E-state index contributed by atoms with van der Waals surface area (Å²) in [6.45, 7) is 5.60. The van der Waals surface area contributed by atoms with Crippen molar-refractivity contribution in [1.82, 2.24) is 5.32 Å². The fraction of sp³-hybridized carbons (Fsp3) is 0.667. The Labute approximate surface area is 95.3 Å². The van der Waals surface area contributed by atoms with E-state index < -0.39 is 0 Å². The van der Waals surface area contributed by atoms with Crippen molar-refractivity contribution in [2.45, 2.75) is 32.7 Å². The van der Waals surface area contributed by atoms with Gasteiger partial charge in [0.1, 0.15) is 0 Å². The quantitative estimate of drug-likeness (QED) is 0.807. The first kappa shape index (κ1) is 11.1. The highest BCUT2D eigenvalue weighted by atomic mass is 32.1. The van der Waals surface area contributed by atoms with Crippen LogP contribution < -0.4 is 5.32 Å². The topological polar surface area (TPSA) is 32.3 Å². The van der Waals surface area contributed by atoms with Gasteiger partial charge in [0.25, 0.3) is 0 Å². The fourth-order valence-electron chi connectivity index (χ4n) is 1.72. The zero-order chi connectivity index (χ0) is 10.9. The van der Waals surface area contributed by atoms with E-state index in [9.17, 15) is 5.11 Å². The van der Waals surface area contributed by atoms with E-state index in [1.165, 1.54) is 22.6 Å². The Balaban J connectivity index is 1.85. The number of hydrogen-bond donors (Lipinski definition) is 2. The van der Waals surface area contributed by atoms with Gasteiger partial charge in [-0.3, -0.25) is 0 Å². The monoisotopic (exact) mass is 225 g/mol. The van der Waals surface area contributed by atoms with Crippen LogP contribution >= 0.6 is 11.3 Å². The maximum atomic E-state index is 9.21. The lowest BCUT2D eigenvalue weighted by molar-refractivity contribution is 0.205. The second kappa shape index (κ2) is 4.24. The molecule has 0 bridgehead atoms. The highest BCUT2D eigenvalue weighted by Gasteiger charge is 2.41. The van der Waals surface area contributed by atoms with E-state index in [0.717, 1.165) is 6.54 Å². The van der Waals surface area contributed by atoms with E-state index in [-0.39, 0.29) is 5.41 Å². The molecule has 0 aromatic carbocycles. The molecule has 15 heavy (non-hydrogen) atoms. The molecule has 0 spiro atoms. The van der Waals surface area contributed by atoms with Crippen LogP contribution in [0, 0.1) is 12.3 Å². The number of aryl methyl sites for hydroxylation is 1. The summed E-state index contributed by atoms with van der Waals surface area (Å²) in [4.78, 5) is 2.75. The van der Waals surface area contributed by atoms with Crippen LogP contribution in [0.15, 0.2) is 12.1 Å². The predicted molar refractivity (Wildman–Crippen MR) is 64.2 cm³/mol. The van der Waals surface area contributed by atoms with Crippen molar-refractivity contribution in [3.8, 4) is 0 Å². The molecule has 1 unspecified atom stereocenters. The number of thiophene rings is 1. The van der Waals surface area contributed by atoms with Gasteiger partial charge in [0.15, 0.2) is 0 Å². The van der Waals surface area contributed by atoms with Gasteiger partial charge in [-0.25, -0.2) is 0 Å². The second-order valence-electron chi connectivity index (χ2n) is 4.71. The molecule has 0 aliphatic heterocycles. The van der Waals surface area contributed by atoms with Gasteiger partial charge in [0.05, 0.1) is 0 Å². The summed E-state index contributed by atoms with van der Waals surface area (Å²) < 4.78 is 0. The smallest absolute Gasteiger partial charge is 0.0499 e. The molecule has 1 fully saturated rings. The minimum Gasteiger partial charge on any atom is -0.396 e. The minimum absolute atomic E-state index is 0.209. The van der Waals surface area contributed by atoms with E-state index in [4.69, 9.17) is 0 Å². The second-order valence-corrected chi connectivity index (χ2v) is 6.03. The van der Waals surface area contributed by atoms with E-state index in [0.29, 0.717) is 12.6 Å². The first-order chi connectivity index (χ1) is 7.15. The Bertz CT molecular complexity index is 330. The lowest BCUT2D eigenvalue weighted by atomic mass is 10.1. The fourth-order valence-corrected chi connectivity index (χ4v) is 2.63. The van der Waals surface area contributed by atoms with E-state index >= 15 is 0 Å². The van der Waals surface area contributed by atoms with Gasteiger partial charge < -0.3 is 10.4 Å². The Morgan fingerprint density at radius 3 is 2.73 bits per heavy atom. The summed E-state index contributed by atoms with van der Waals surface area (Å²) in [5.74, 6) is 0. The Morgan fingerprint density at radius 2 is 2.27 bits per heavy atom. The van der Waals surface area contributed by atoms with E-state index in [1.807, 2.05) is 11.3 Å². The van der Waals surface area contributed by atoms with Gasteiger partial charge in [-0.05, 0) is 38.8 Å². The number of rotatable bonds is 5.